The number of benzene rings is 2. The molecule has 5 heteroatoms. The Bertz CT molecular complexity index is 738. The van der Waals surface area contributed by atoms with E-state index in [4.69, 9.17) is 9.47 Å². The van der Waals surface area contributed by atoms with Crippen molar-refractivity contribution >= 4 is 5.97 Å². The van der Waals surface area contributed by atoms with Gasteiger partial charge in [-0.25, -0.2) is 8.78 Å². The summed E-state index contributed by atoms with van der Waals surface area (Å²) in [4.78, 5) is 11.5. The van der Waals surface area contributed by atoms with E-state index in [2.05, 4.69) is 0 Å². The monoisotopic (exact) mass is 318 g/mol. The van der Waals surface area contributed by atoms with Gasteiger partial charge in [-0.3, -0.25) is 4.79 Å². The maximum absolute atomic E-state index is 13.8. The van der Waals surface area contributed by atoms with E-state index in [-0.39, 0.29) is 17.5 Å². The molecule has 0 N–H and O–H groups in total. The average molecular weight is 318 g/mol. The Hall–Kier alpha value is -2.43. The van der Waals surface area contributed by atoms with Crippen molar-refractivity contribution in [3.8, 4) is 11.5 Å². The minimum atomic E-state index is -0.814. The summed E-state index contributed by atoms with van der Waals surface area (Å²) in [6.45, 7) is 3.51. The summed E-state index contributed by atoms with van der Waals surface area (Å²) >= 11 is 0. The van der Waals surface area contributed by atoms with Gasteiger partial charge in [0.1, 0.15) is 29.2 Å². The first kappa shape index (κ1) is 15.5. The van der Waals surface area contributed by atoms with Crippen LogP contribution in [-0.2, 0) is 4.79 Å². The van der Waals surface area contributed by atoms with Crippen molar-refractivity contribution in [2.75, 3.05) is 0 Å². The van der Waals surface area contributed by atoms with Crippen molar-refractivity contribution in [1.82, 2.24) is 0 Å². The van der Waals surface area contributed by atoms with E-state index in [1.165, 1.54) is 18.2 Å². The number of carbonyl (C=O) groups is 1. The van der Waals surface area contributed by atoms with Crippen LogP contribution in [0.4, 0.5) is 8.78 Å². The number of rotatable bonds is 3. The third-order valence-electron chi connectivity index (χ3n) is 3.93. The van der Waals surface area contributed by atoms with Gasteiger partial charge in [0.25, 0.3) is 0 Å². The fraction of sp³-hybridized carbons (Fsp3) is 0.278. The predicted molar refractivity (Wildman–Crippen MR) is 80.5 cm³/mol. The minimum Gasteiger partial charge on any atom is -0.486 e. The molecule has 23 heavy (non-hydrogen) atoms. The van der Waals surface area contributed by atoms with Crippen molar-refractivity contribution in [3.63, 3.8) is 0 Å². The Morgan fingerprint density at radius 3 is 2.61 bits per heavy atom. The lowest BCUT2D eigenvalue weighted by Gasteiger charge is -2.23. The molecule has 2 atom stereocenters. The second-order valence-electron chi connectivity index (χ2n) is 5.67. The molecule has 2 unspecified atom stereocenters. The molecule has 2 aromatic rings. The van der Waals surface area contributed by atoms with Gasteiger partial charge in [0.2, 0.25) is 0 Å². The van der Waals surface area contributed by atoms with E-state index < -0.39 is 17.7 Å². The molecule has 0 amide bonds. The molecule has 1 aliphatic heterocycles. The largest absolute Gasteiger partial charge is 0.486 e. The van der Waals surface area contributed by atoms with E-state index in [0.29, 0.717) is 17.9 Å². The highest BCUT2D eigenvalue weighted by atomic mass is 19.1. The molecule has 0 aromatic heterocycles. The van der Waals surface area contributed by atoms with Crippen LogP contribution in [0.1, 0.15) is 43.4 Å². The fourth-order valence-corrected chi connectivity index (χ4v) is 2.77. The van der Waals surface area contributed by atoms with Crippen LogP contribution in [0, 0.1) is 11.6 Å². The first-order valence-corrected chi connectivity index (χ1v) is 7.41. The van der Waals surface area contributed by atoms with Crippen LogP contribution in [0.15, 0.2) is 36.4 Å². The zero-order valence-corrected chi connectivity index (χ0v) is 12.8. The number of halogens is 2. The second kappa shape index (κ2) is 5.99. The molecule has 2 aromatic carbocycles. The Morgan fingerprint density at radius 2 is 1.91 bits per heavy atom. The highest BCUT2D eigenvalue weighted by molar-refractivity contribution is 5.76. The molecule has 0 fully saturated rings. The van der Waals surface area contributed by atoms with Crippen LogP contribution in [-0.4, -0.2) is 5.97 Å². The minimum absolute atomic E-state index is 0.0711. The molecule has 0 spiro atoms. The van der Waals surface area contributed by atoms with Gasteiger partial charge in [0, 0.05) is 6.07 Å². The average Bonchev–Trinajstić information content (AvgIpc) is 2.46. The number of esters is 1. The molecule has 1 heterocycles. The topological polar surface area (TPSA) is 35.5 Å². The highest BCUT2D eigenvalue weighted by Crippen LogP contribution is 2.37. The molecule has 3 nitrogen and oxygen atoms in total. The van der Waals surface area contributed by atoms with Gasteiger partial charge in [0.15, 0.2) is 0 Å². The molecule has 120 valence electrons. The van der Waals surface area contributed by atoms with Gasteiger partial charge in [-0.1, -0.05) is 19.1 Å². The summed E-state index contributed by atoms with van der Waals surface area (Å²) in [6.07, 6.45) is -0.477. The standard InChI is InChI=1S/C18H16F2O3/c1-10-8-17(21)23-16-9-12(6-7-13(10)16)22-11(2)18-14(19)4-3-5-15(18)20/h3-7,9-11H,8H2,1-2H3. The van der Waals surface area contributed by atoms with Gasteiger partial charge in [-0.15, -0.1) is 0 Å². The first-order valence-electron chi connectivity index (χ1n) is 7.41. The summed E-state index contributed by atoms with van der Waals surface area (Å²) < 4.78 is 38.4. The summed E-state index contributed by atoms with van der Waals surface area (Å²) in [5.41, 5.74) is 0.789. The van der Waals surface area contributed by atoms with Gasteiger partial charge in [0.05, 0.1) is 12.0 Å². The quantitative estimate of drug-likeness (QED) is 0.616. The summed E-state index contributed by atoms with van der Waals surface area (Å²) in [5.74, 6) is -0.712. The maximum Gasteiger partial charge on any atom is 0.311 e. The number of fused-ring (bicyclic) bond motifs is 1. The van der Waals surface area contributed by atoms with Crippen LogP contribution < -0.4 is 9.47 Å². The molecule has 0 radical (unpaired) electrons. The molecular weight excluding hydrogens is 302 g/mol. The molecular formula is C18H16F2O3. The molecule has 0 bridgehead atoms. The van der Waals surface area contributed by atoms with E-state index in [0.717, 1.165) is 5.56 Å². The lowest BCUT2D eigenvalue weighted by atomic mass is 9.95. The fourth-order valence-electron chi connectivity index (χ4n) is 2.77. The van der Waals surface area contributed by atoms with Gasteiger partial charge >= 0.3 is 5.97 Å². The van der Waals surface area contributed by atoms with E-state index >= 15 is 0 Å². The van der Waals surface area contributed by atoms with Gasteiger partial charge in [-0.2, -0.15) is 0 Å². The van der Waals surface area contributed by atoms with Crippen molar-refractivity contribution in [1.29, 1.82) is 0 Å². The Kier molecular flexibility index (Phi) is 4.03. The normalized spacial score (nSPS) is 18.1. The summed E-state index contributed by atoms with van der Waals surface area (Å²) in [5, 5.41) is 0. The van der Waals surface area contributed by atoms with E-state index in [1.807, 2.05) is 13.0 Å². The number of hydrogen-bond donors (Lipinski definition) is 0. The van der Waals surface area contributed by atoms with Crippen LogP contribution in [0.25, 0.3) is 0 Å². The molecule has 1 aliphatic rings. The van der Waals surface area contributed by atoms with Gasteiger partial charge in [-0.05, 0) is 36.6 Å². The maximum atomic E-state index is 13.8. The number of carbonyl (C=O) groups excluding carboxylic acids is 1. The summed E-state index contributed by atoms with van der Waals surface area (Å²) in [7, 11) is 0. The third-order valence-corrected chi connectivity index (χ3v) is 3.93. The lowest BCUT2D eigenvalue weighted by Crippen LogP contribution is -2.18. The molecule has 3 rings (SSSR count). The molecule has 0 aliphatic carbocycles. The van der Waals surface area contributed by atoms with E-state index in [9.17, 15) is 13.6 Å². The molecule has 0 saturated carbocycles. The van der Waals surface area contributed by atoms with Crippen LogP contribution in [0.3, 0.4) is 0 Å². The first-order chi connectivity index (χ1) is 11.0. The van der Waals surface area contributed by atoms with Crippen molar-refractivity contribution in [2.24, 2.45) is 0 Å². The Balaban J connectivity index is 1.86. The predicted octanol–water partition coefficient (Wildman–Crippen LogP) is 4.52. The number of ether oxygens (including phenoxy) is 2. The second-order valence-corrected chi connectivity index (χ2v) is 5.67. The smallest absolute Gasteiger partial charge is 0.311 e. The number of hydrogen-bond acceptors (Lipinski definition) is 3. The summed E-state index contributed by atoms with van der Waals surface area (Å²) in [6, 6.07) is 8.79. The van der Waals surface area contributed by atoms with E-state index in [1.54, 1.807) is 19.1 Å². The SMILES string of the molecule is CC1CC(=O)Oc2cc(OC(C)c3c(F)cccc3F)ccc21. The van der Waals surface area contributed by atoms with Crippen molar-refractivity contribution in [2.45, 2.75) is 32.3 Å². The van der Waals surface area contributed by atoms with Crippen LogP contribution in [0.2, 0.25) is 0 Å². The van der Waals surface area contributed by atoms with Crippen molar-refractivity contribution in [3.05, 3.63) is 59.2 Å². The van der Waals surface area contributed by atoms with Crippen molar-refractivity contribution < 1.29 is 23.0 Å². The Labute approximate surface area is 132 Å². The van der Waals surface area contributed by atoms with Crippen LogP contribution in [0.5, 0.6) is 11.5 Å². The van der Waals surface area contributed by atoms with Crippen LogP contribution >= 0.6 is 0 Å². The zero-order valence-electron chi connectivity index (χ0n) is 12.8. The Morgan fingerprint density at radius 1 is 1.22 bits per heavy atom. The third kappa shape index (κ3) is 3.04. The highest BCUT2D eigenvalue weighted by Gasteiger charge is 2.25. The molecule has 0 saturated heterocycles. The zero-order chi connectivity index (χ0) is 16.6. The van der Waals surface area contributed by atoms with Gasteiger partial charge < -0.3 is 9.47 Å². The lowest BCUT2D eigenvalue weighted by molar-refractivity contribution is -0.135.